The van der Waals surface area contributed by atoms with Crippen molar-refractivity contribution < 1.29 is 9.13 Å². The Bertz CT molecular complexity index is 373. The first kappa shape index (κ1) is 15.6. The number of hydrogen-bond acceptors (Lipinski definition) is 2. The van der Waals surface area contributed by atoms with Gasteiger partial charge in [-0.05, 0) is 44.0 Å². The topological polar surface area (TPSA) is 21.3 Å². The summed E-state index contributed by atoms with van der Waals surface area (Å²) < 4.78 is 19.8. The molecule has 102 valence electrons. The molecule has 0 aromatic heterocycles. The second-order valence-electron chi connectivity index (χ2n) is 4.48. The lowest BCUT2D eigenvalue weighted by atomic mass is 10.0. The molecule has 2 atom stereocenters. The highest BCUT2D eigenvalue weighted by molar-refractivity contribution is 9.10. The van der Waals surface area contributed by atoms with Gasteiger partial charge in [0.25, 0.3) is 0 Å². The fraction of sp³-hybridized carbons (Fsp3) is 0.571. The lowest BCUT2D eigenvalue weighted by Crippen LogP contribution is -2.34. The maximum atomic E-state index is 13.8. The number of halogens is 2. The van der Waals surface area contributed by atoms with Crippen molar-refractivity contribution in [1.29, 1.82) is 0 Å². The molecule has 0 spiro atoms. The molecule has 2 unspecified atom stereocenters. The van der Waals surface area contributed by atoms with Gasteiger partial charge < -0.3 is 10.1 Å². The van der Waals surface area contributed by atoms with E-state index in [0.717, 1.165) is 23.0 Å². The molecular formula is C14H21BrFNO. The van der Waals surface area contributed by atoms with Crippen LogP contribution in [0.2, 0.25) is 0 Å². The maximum Gasteiger partial charge on any atom is 0.127 e. The SMILES string of the molecule is CCNC(Cc1ccc(Br)cc1F)CC(C)OC. The second kappa shape index (κ2) is 7.87. The Balaban J connectivity index is 2.69. The Morgan fingerprint density at radius 3 is 2.72 bits per heavy atom. The molecule has 0 fully saturated rings. The molecule has 2 nitrogen and oxygen atoms in total. The summed E-state index contributed by atoms with van der Waals surface area (Å²) in [4.78, 5) is 0. The van der Waals surface area contributed by atoms with Gasteiger partial charge in [-0.15, -0.1) is 0 Å². The van der Waals surface area contributed by atoms with Gasteiger partial charge in [0.1, 0.15) is 5.82 Å². The van der Waals surface area contributed by atoms with Crippen LogP contribution in [0.4, 0.5) is 4.39 Å². The van der Waals surface area contributed by atoms with Crippen molar-refractivity contribution in [2.24, 2.45) is 0 Å². The van der Waals surface area contributed by atoms with Crippen LogP contribution in [0.15, 0.2) is 22.7 Å². The van der Waals surface area contributed by atoms with Gasteiger partial charge in [-0.25, -0.2) is 4.39 Å². The van der Waals surface area contributed by atoms with Gasteiger partial charge in [-0.3, -0.25) is 0 Å². The van der Waals surface area contributed by atoms with Gasteiger partial charge in [-0.1, -0.05) is 28.9 Å². The third kappa shape index (κ3) is 5.04. The largest absolute Gasteiger partial charge is 0.382 e. The van der Waals surface area contributed by atoms with Crippen LogP contribution in [0.5, 0.6) is 0 Å². The Morgan fingerprint density at radius 2 is 2.17 bits per heavy atom. The van der Waals surface area contributed by atoms with Crippen LogP contribution in [-0.4, -0.2) is 25.8 Å². The minimum atomic E-state index is -0.155. The molecule has 0 heterocycles. The molecule has 0 aliphatic carbocycles. The second-order valence-corrected chi connectivity index (χ2v) is 5.39. The molecule has 0 saturated carbocycles. The number of likely N-dealkylation sites (N-methyl/N-ethyl adjacent to an activating group) is 1. The van der Waals surface area contributed by atoms with E-state index in [2.05, 4.69) is 28.2 Å². The van der Waals surface area contributed by atoms with E-state index in [1.165, 1.54) is 6.07 Å². The van der Waals surface area contributed by atoms with Gasteiger partial charge in [0.2, 0.25) is 0 Å². The van der Waals surface area contributed by atoms with Crippen molar-refractivity contribution in [2.45, 2.75) is 38.8 Å². The first-order valence-corrected chi connectivity index (χ1v) is 7.06. The predicted octanol–water partition coefficient (Wildman–Crippen LogP) is 3.53. The molecular weight excluding hydrogens is 297 g/mol. The van der Waals surface area contributed by atoms with Crippen molar-refractivity contribution in [3.8, 4) is 0 Å². The standard InChI is InChI=1S/C14H21BrFNO/c1-4-17-13(7-10(2)18-3)8-11-5-6-12(15)9-14(11)16/h5-6,9-10,13,17H,4,7-8H2,1-3H3. The third-order valence-corrected chi connectivity index (χ3v) is 3.49. The van der Waals surface area contributed by atoms with Gasteiger partial charge in [-0.2, -0.15) is 0 Å². The van der Waals surface area contributed by atoms with Gasteiger partial charge in [0.05, 0.1) is 6.10 Å². The fourth-order valence-corrected chi connectivity index (χ4v) is 2.31. The number of hydrogen-bond donors (Lipinski definition) is 1. The van der Waals surface area contributed by atoms with E-state index in [9.17, 15) is 4.39 Å². The zero-order valence-corrected chi connectivity index (χ0v) is 12.8. The fourth-order valence-electron chi connectivity index (χ4n) is 1.98. The lowest BCUT2D eigenvalue weighted by Gasteiger charge is -2.21. The quantitative estimate of drug-likeness (QED) is 0.830. The first-order valence-electron chi connectivity index (χ1n) is 6.26. The summed E-state index contributed by atoms with van der Waals surface area (Å²) in [5, 5.41) is 3.38. The highest BCUT2D eigenvalue weighted by Crippen LogP contribution is 2.18. The normalized spacial score (nSPS) is 14.5. The van der Waals surface area contributed by atoms with Crippen molar-refractivity contribution >= 4 is 15.9 Å². The smallest absolute Gasteiger partial charge is 0.127 e. The minimum absolute atomic E-state index is 0.155. The summed E-state index contributed by atoms with van der Waals surface area (Å²) in [6.45, 7) is 4.96. The molecule has 1 N–H and O–H groups in total. The van der Waals surface area contributed by atoms with Crippen LogP contribution in [0.1, 0.15) is 25.8 Å². The summed E-state index contributed by atoms with van der Waals surface area (Å²) >= 11 is 3.27. The first-order chi connectivity index (χ1) is 8.56. The summed E-state index contributed by atoms with van der Waals surface area (Å²) in [5.74, 6) is -0.155. The average molecular weight is 318 g/mol. The van der Waals surface area contributed by atoms with Crippen molar-refractivity contribution in [1.82, 2.24) is 5.32 Å². The van der Waals surface area contributed by atoms with E-state index in [0.29, 0.717) is 6.42 Å². The van der Waals surface area contributed by atoms with Crippen LogP contribution < -0.4 is 5.32 Å². The average Bonchev–Trinajstić information content (AvgIpc) is 2.32. The molecule has 0 aliphatic rings. The van der Waals surface area contributed by atoms with Crippen molar-refractivity contribution in [3.05, 3.63) is 34.1 Å². The molecule has 0 aliphatic heterocycles. The van der Waals surface area contributed by atoms with Gasteiger partial charge in [0.15, 0.2) is 0 Å². The Morgan fingerprint density at radius 1 is 1.44 bits per heavy atom. The highest BCUT2D eigenvalue weighted by atomic mass is 79.9. The van der Waals surface area contributed by atoms with Gasteiger partial charge in [0, 0.05) is 17.6 Å². The van der Waals surface area contributed by atoms with E-state index >= 15 is 0 Å². The van der Waals surface area contributed by atoms with E-state index in [1.807, 2.05) is 19.1 Å². The summed E-state index contributed by atoms with van der Waals surface area (Å²) in [5.41, 5.74) is 0.743. The zero-order valence-electron chi connectivity index (χ0n) is 11.2. The number of methoxy groups -OCH3 is 1. The van der Waals surface area contributed by atoms with Crippen LogP contribution in [0, 0.1) is 5.82 Å². The lowest BCUT2D eigenvalue weighted by molar-refractivity contribution is 0.100. The van der Waals surface area contributed by atoms with E-state index in [-0.39, 0.29) is 18.0 Å². The summed E-state index contributed by atoms with van der Waals surface area (Å²) in [7, 11) is 1.70. The molecule has 1 rings (SSSR count). The van der Waals surface area contributed by atoms with Crippen molar-refractivity contribution in [3.63, 3.8) is 0 Å². The number of ether oxygens (including phenoxy) is 1. The molecule has 0 amide bonds. The van der Waals surface area contributed by atoms with Gasteiger partial charge >= 0.3 is 0 Å². The Hall–Kier alpha value is -0.450. The number of benzene rings is 1. The third-order valence-electron chi connectivity index (χ3n) is 2.99. The molecule has 4 heteroatoms. The number of nitrogens with one attached hydrogen (secondary N) is 1. The summed E-state index contributed by atoms with van der Waals surface area (Å²) in [6, 6.07) is 5.46. The van der Waals surface area contributed by atoms with Crippen LogP contribution >= 0.6 is 15.9 Å². The van der Waals surface area contributed by atoms with E-state index in [4.69, 9.17) is 4.74 Å². The predicted molar refractivity (Wildman–Crippen MR) is 76.4 cm³/mol. The van der Waals surface area contributed by atoms with E-state index < -0.39 is 0 Å². The van der Waals surface area contributed by atoms with E-state index in [1.54, 1.807) is 7.11 Å². The van der Waals surface area contributed by atoms with Crippen LogP contribution in [-0.2, 0) is 11.2 Å². The maximum absolute atomic E-state index is 13.8. The Labute approximate surface area is 117 Å². The molecule has 18 heavy (non-hydrogen) atoms. The molecule has 0 saturated heterocycles. The van der Waals surface area contributed by atoms with Crippen LogP contribution in [0.25, 0.3) is 0 Å². The number of rotatable bonds is 7. The zero-order chi connectivity index (χ0) is 13.5. The molecule has 0 bridgehead atoms. The Kier molecular flexibility index (Phi) is 6.82. The summed E-state index contributed by atoms with van der Waals surface area (Å²) in [6.07, 6.45) is 1.73. The highest BCUT2D eigenvalue weighted by Gasteiger charge is 2.14. The minimum Gasteiger partial charge on any atom is -0.382 e. The molecule has 0 radical (unpaired) electrons. The van der Waals surface area contributed by atoms with Crippen molar-refractivity contribution in [2.75, 3.05) is 13.7 Å². The molecule has 1 aromatic rings. The monoisotopic (exact) mass is 317 g/mol. The molecule has 1 aromatic carbocycles. The van der Waals surface area contributed by atoms with Crippen LogP contribution in [0.3, 0.4) is 0 Å².